The number of aliphatic hydroxyl groups is 1. The first-order valence-corrected chi connectivity index (χ1v) is 6.86. The van der Waals surface area contributed by atoms with Gasteiger partial charge in [-0.25, -0.2) is 0 Å². The van der Waals surface area contributed by atoms with Gasteiger partial charge in [0.25, 0.3) is 0 Å². The number of aryl methyl sites for hydroxylation is 2. The molecule has 0 bridgehead atoms. The Hall–Kier alpha value is -1.32. The lowest BCUT2D eigenvalue weighted by Gasteiger charge is -2.27. The Morgan fingerprint density at radius 2 is 2.05 bits per heavy atom. The van der Waals surface area contributed by atoms with Gasteiger partial charge >= 0.3 is 0 Å². The van der Waals surface area contributed by atoms with Gasteiger partial charge in [0, 0.05) is 6.54 Å². The summed E-state index contributed by atoms with van der Waals surface area (Å²) in [5.74, 6) is 0. The SMILES string of the molecule is CCCn1ncc(Cl)c1C(C)(O)c1ccccc1C. The summed E-state index contributed by atoms with van der Waals surface area (Å²) < 4.78 is 1.79. The maximum atomic E-state index is 11.0. The summed E-state index contributed by atoms with van der Waals surface area (Å²) in [6.07, 6.45) is 2.54. The minimum absolute atomic E-state index is 0.502. The number of rotatable bonds is 4. The zero-order valence-electron chi connectivity index (χ0n) is 11.5. The van der Waals surface area contributed by atoms with E-state index >= 15 is 0 Å². The summed E-state index contributed by atoms with van der Waals surface area (Å²) in [4.78, 5) is 0. The minimum Gasteiger partial charge on any atom is -0.379 e. The monoisotopic (exact) mass is 278 g/mol. The van der Waals surface area contributed by atoms with Crippen molar-refractivity contribution in [2.45, 2.75) is 39.3 Å². The largest absolute Gasteiger partial charge is 0.379 e. The lowest BCUT2D eigenvalue weighted by Crippen LogP contribution is -2.28. The van der Waals surface area contributed by atoms with Gasteiger partial charge in [0.1, 0.15) is 5.60 Å². The van der Waals surface area contributed by atoms with Crippen LogP contribution in [0.25, 0.3) is 0 Å². The van der Waals surface area contributed by atoms with E-state index in [2.05, 4.69) is 12.0 Å². The second kappa shape index (κ2) is 5.35. The fraction of sp³-hybridized carbons (Fsp3) is 0.400. The normalized spacial score (nSPS) is 14.4. The zero-order valence-corrected chi connectivity index (χ0v) is 12.3. The molecule has 2 rings (SSSR count). The molecule has 0 radical (unpaired) electrons. The summed E-state index contributed by atoms with van der Waals surface area (Å²) in [5.41, 5.74) is 1.40. The van der Waals surface area contributed by atoms with E-state index in [0.717, 1.165) is 24.1 Å². The predicted octanol–water partition coefficient (Wildman–Crippen LogP) is 3.51. The van der Waals surface area contributed by atoms with Crippen molar-refractivity contribution in [3.8, 4) is 0 Å². The first kappa shape index (κ1) is 14.1. The van der Waals surface area contributed by atoms with Crippen molar-refractivity contribution < 1.29 is 5.11 Å². The number of hydrogen-bond donors (Lipinski definition) is 1. The molecular formula is C15H19ClN2O. The highest BCUT2D eigenvalue weighted by Gasteiger charge is 2.33. The fourth-order valence-electron chi connectivity index (χ4n) is 2.47. The van der Waals surface area contributed by atoms with Crippen LogP contribution < -0.4 is 0 Å². The Bertz CT molecular complexity index is 575. The third-order valence-electron chi connectivity index (χ3n) is 3.36. The Labute approximate surface area is 118 Å². The van der Waals surface area contributed by atoms with Gasteiger partial charge in [0.05, 0.1) is 16.9 Å². The average Bonchev–Trinajstić information content (AvgIpc) is 2.72. The van der Waals surface area contributed by atoms with Crippen molar-refractivity contribution in [1.82, 2.24) is 9.78 Å². The number of aromatic nitrogens is 2. The van der Waals surface area contributed by atoms with Crippen LogP contribution >= 0.6 is 11.6 Å². The van der Waals surface area contributed by atoms with Gasteiger partial charge in [-0.3, -0.25) is 4.68 Å². The van der Waals surface area contributed by atoms with Crippen LogP contribution in [0.5, 0.6) is 0 Å². The maximum Gasteiger partial charge on any atom is 0.130 e. The molecule has 3 nitrogen and oxygen atoms in total. The van der Waals surface area contributed by atoms with Crippen molar-refractivity contribution in [2.24, 2.45) is 0 Å². The minimum atomic E-state index is -1.14. The topological polar surface area (TPSA) is 38.0 Å². The molecule has 1 unspecified atom stereocenters. The summed E-state index contributed by atoms with van der Waals surface area (Å²) in [6.45, 7) is 6.56. The quantitative estimate of drug-likeness (QED) is 0.929. The van der Waals surface area contributed by atoms with Gasteiger partial charge in [-0.15, -0.1) is 0 Å². The summed E-state index contributed by atoms with van der Waals surface area (Å²) >= 11 is 6.22. The summed E-state index contributed by atoms with van der Waals surface area (Å²) in [5, 5.41) is 15.7. The number of nitrogens with zero attached hydrogens (tertiary/aromatic N) is 2. The molecule has 1 atom stereocenters. The lowest BCUT2D eigenvalue weighted by atomic mass is 9.89. The van der Waals surface area contributed by atoms with Gasteiger partial charge in [0.2, 0.25) is 0 Å². The van der Waals surface area contributed by atoms with Gasteiger partial charge < -0.3 is 5.11 Å². The van der Waals surface area contributed by atoms with E-state index in [1.165, 1.54) is 0 Å². The van der Waals surface area contributed by atoms with Gasteiger partial charge in [-0.1, -0.05) is 42.8 Å². The molecule has 0 saturated heterocycles. The molecule has 1 N–H and O–H groups in total. The van der Waals surface area contributed by atoms with Crippen molar-refractivity contribution in [3.63, 3.8) is 0 Å². The Morgan fingerprint density at radius 3 is 2.68 bits per heavy atom. The van der Waals surface area contributed by atoms with Crippen LogP contribution in [0.3, 0.4) is 0 Å². The summed E-state index contributed by atoms with van der Waals surface area (Å²) in [6, 6.07) is 7.79. The molecule has 102 valence electrons. The van der Waals surface area contributed by atoms with E-state index in [0.29, 0.717) is 10.7 Å². The molecule has 0 aliphatic carbocycles. The molecule has 0 aliphatic heterocycles. The highest BCUT2D eigenvalue weighted by molar-refractivity contribution is 6.31. The van der Waals surface area contributed by atoms with E-state index in [-0.39, 0.29) is 0 Å². The second-order valence-corrected chi connectivity index (χ2v) is 5.36. The average molecular weight is 279 g/mol. The van der Waals surface area contributed by atoms with Crippen LogP contribution in [-0.4, -0.2) is 14.9 Å². The highest BCUT2D eigenvalue weighted by Crippen LogP contribution is 2.35. The van der Waals surface area contributed by atoms with Gasteiger partial charge in [0.15, 0.2) is 0 Å². The van der Waals surface area contributed by atoms with Crippen molar-refractivity contribution in [1.29, 1.82) is 0 Å². The molecule has 0 saturated carbocycles. The molecule has 0 fully saturated rings. The first-order valence-electron chi connectivity index (χ1n) is 6.48. The van der Waals surface area contributed by atoms with E-state index in [1.54, 1.807) is 17.8 Å². The van der Waals surface area contributed by atoms with Crippen LogP contribution in [0, 0.1) is 6.92 Å². The number of halogens is 1. The molecule has 19 heavy (non-hydrogen) atoms. The molecule has 1 aromatic carbocycles. The predicted molar refractivity (Wildman–Crippen MR) is 77.4 cm³/mol. The van der Waals surface area contributed by atoms with E-state index in [1.807, 2.05) is 31.2 Å². The highest BCUT2D eigenvalue weighted by atomic mass is 35.5. The fourth-order valence-corrected chi connectivity index (χ4v) is 2.80. The van der Waals surface area contributed by atoms with E-state index in [4.69, 9.17) is 11.6 Å². The summed E-state index contributed by atoms with van der Waals surface area (Å²) in [7, 11) is 0. The third kappa shape index (κ3) is 2.53. The molecule has 0 spiro atoms. The van der Waals surface area contributed by atoms with Crippen LogP contribution in [0.2, 0.25) is 5.02 Å². The Balaban J connectivity index is 2.56. The molecule has 4 heteroatoms. The van der Waals surface area contributed by atoms with Crippen LogP contribution in [0.15, 0.2) is 30.5 Å². The van der Waals surface area contributed by atoms with Crippen LogP contribution in [0.1, 0.15) is 37.1 Å². The standard InChI is InChI=1S/C15H19ClN2O/c1-4-9-18-14(13(16)10-17-18)15(3,19)12-8-6-5-7-11(12)2/h5-8,10,19H,4,9H2,1-3H3. The number of benzene rings is 1. The van der Waals surface area contributed by atoms with Gasteiger partial charge in [-0.05, 0) is 31.4 Å². The molecular weight excluding hydrogens is 260 g/mol. The Kier molecular flexibility index (Phi) is 3.97. The lowest BCUT2D eigenvalue weighted by molar-refractivity contribution is 0.0908. The zero-order chi connectivity index (χ0) is 14.0. The maximum absolute atomic E-state index is 11.0. The van der Waals surface area contributed by atoms with Crippen LogP contribution in [0.4, 0.5) is 0 Å². The molecule has 0 aliphatic rings. The van der Waals surface area contributed by atoms with E-state index in [9.17, 15) is 5.11 Å². The van der Waals surface area contributed by atoms with Crippen LogP contribution in [-0.2, 0) is 12.1 Å². The molecule has 2 aromatic rings. The Morgan fingerprint density at radius 1 is 1.37 bits per heavy atom. The number of hydrogen-bond acceptors (Lipinski definition) is 2. The molecule has 1 heterocycles. The second-order valence-electron chi connectivity index (χ2n) is 4.95. The third-order valence-corrected chi connectivity index (χ3v) is 3.64. The van der Waals surface area contributed by atoms with Crippen molar-refractivity contribution in [2.75, 3.05) is 0 Å². The van der Waals surface area contributed by atoms with Gasteiger partial charge in [-0.2, -0.15) is 5.10 Å². The van der Waals surface area contributed by atoms with Crippen molar-refractivity contribution in [3.05, 3.63) is 52.3 Å². The van der Waals surface area contributed by atoms with E-state index < -0.39 is 5.60 Å². The molecule has 1 aromatic heterocycles. The first-order chi connectivity index (χ1) is 8.98. The smallest absolute Gasteiger partial charge is 0.130 e. The molecule has 0 amide bonds. The van der Waals surface area contributed by atoms with Crippen molar-refractivity contribution >= 4 is 11.6 Å².